The molecule has 0 rings (SSSR count). The molecule has 7 heteroatoms. The van der Waals surface area contributed by atoms with Crippen molar-refractivity contribution in [1.29, 1.82) is 0 Å². The Morgan fingerprint density at radius 3 is 1.27 bits per heavy atom. The fourth-order valence-electron chi connectivity index (χ4n) is 1.28. The van der Waals surface area contributed by atoms with Crippen LogP contribution in [0.25, 0.3) is 0 Å². The van der Waals surface area contributed by atoms with E-state index in [-0.39, 0.29) is 77.7 Å². The van der Waals surface area contributed by atoms with E-state index in [0.717, 1.165) is 0 Å². The van der Waals surface area contributed by atoms with Crippen LogP contribution in [0.15, 0.2) is 0 Å². The van der Waals surface area contributed by atoms with Gasteiger partial charge in [-0.2, -0.15) is 0 Å². The zero-order valence-corrected chi connectivity index (χ0v) is 8.13. The van der Waals surface area contributed by atoms with Crippen LogP contribution in [0.2, 0.25) is 0 Å². The number of nitrogens with zero attached hydrogens (tertiary/aromatic N) is 1. The van der Waals surface area contributed by atoms with Gasteiger partial charge in [-0.25, -0.2) is 0 Å². The van der Waals surface area contributed by atoms with Gasteiger partial charge in [0, 0.05) is 13.1 Å². The zero-order chi connectivity index (χ0) is 11.0. The molecule has 0 heterocycles. The quantitative estimate of drug-likeness (QED) is 0.284. The van der Waals surface area contributed by atoms with Gasteiger partial charge in [-0.3, -0.25) is 4.90 Å². The van der Waals surface area contributed by atoms with Gasteiger partial charge in [-0.15, -0.1) is 0 Å². The van der Waals surface area contributed by atoms with Gasteiger partial charge >= 0.3 is 51.4 Å². The van der Waals surface area contributed by atoms with E-state index in [1.54, 1.807) is 0 Å². The minimum atomic E-state index is -1.18. The minimum absolute atomic E-state index is 0. The molecule has 0 fully saturated rings. The second kappa shape index (κ2) is 10.5. The Morgan fingerprint density at radius 2 is 1.07 bits per heavy atom. The topological polar surface area (TPSA) is 104 Å². The standard InChI is InChI=1S/C8H19NO5.K.H/c10-3-1-9(2-4-11)8(5-12,6-13)7-14;;/h10-14H,1-7H2;;. The van der Waals surface area contributed by atoms with Crippen LogP contribution in [0.1, 0.15) is 0 Å². The Hall–Kier alpha value is 1.40. The molecular formula is C8H20KNO5. The maximum atomic E-state index is 9.08. The van der Waals surface area contributed by atoms with Crippen molar-refractivity contribution in [2.24, 2.45) is 0 Å². The molecule has 0 saturated heterocycles. The summed E-state index contributed by atoms with van der Waals surface area (Å²) in [5.41, 5.74) is -1.18. The van der Waals surface area contributed by atoms with Gasteiger partial charge in [0.05, 0.1) is 38.6 Å². The maximum absolute atomic E-state index is 9.08. The molecule has 0 aliphatic carbocycles. The van der Waals surface area contributed by atoms with Crippen molar-refractivity contribution in [3.8, 4) is 0 Å². The average Bonchev–Trinajstić information content (AvgIpc) is 2.22. The third-order valence-corrected chi connectivity index (χ3v) is 2.29. The molecule has 6 nitrogen and oxygen atoms in total. The van der Waals surface area contributed by atoms with Gasteiger partial charge in [-0.1, -0.05) is 0 Å². The second-order valence-corrected chi connectivity index (χ2v) is 3.13. The fraction of sp³-hybridized carbons (Fsp3) is 1.00. The molecule has 88 valence electrons. The first-order valence-corrected chi connectivity index (χ1v) is 4.50. The monoisotopic (exact) mass is 249 g/mol. The Labute approximate surface area is 132 Å². The molecule has 0 unspecified atom stereocenters. The van der Waals surface area contributed by atoms with Gasteiger partial charge in [0.2, 0.25) is 0 Å². The molecule has 15 heavy (non-hydrogen) atoms. The van der Waals surface area contributed by atoms with Crippen LogP contribution >= 0.6 is 0 Å². The molecule has 0 bridgehead atoms. The molecule has 0 saturated carbocycles. The van der Waals surface area contributed by atoms with Crippen molar-refractivity contribution >= 4 is 51.4 Å². The van der Waals surface area contributed by atoms with Crippen molar-refractivity contribution in [2.45, 2.75) is 5.54 Å². The summed E-state index contributed by atoms with van der Waals surface area (Å²) in [4.78, 5) is 1.47. The van der Waals surface area contributed by atoms with E-state index >= 15 is 0 Å². The summed E-state index contributed by atoms with van der Waals surface area (Å²) in [7, 11) is 0. The predicted molar refractivity (Wildman–Crippen MR) is 56.9 cm³/mol. The molecule has 0 aromatic rings. The van der Waals surface area contributed by atoms with Gasteiger partial charge < -0.3 is 25.5 Å². The van der Waals surface area contributed by atoms with E-state index in [2.05, 4.69) is 0 Å². The molecule has 0 atom stereocenters. The first kappa shape index (κ1) is 18.8. The van der Waals surface area contributed by atoms with E-state index in [1.165, 1.54) is 4.90 Å². The molecule has 0 spiro atoms. The van der Waals surface area contributed by atoms with Crippen molar-refractivity contribution in [2.75, 3.05) is 46.1 Å². The summed E-state index contributed by atoms with van der Waals surface area (Å²) in [5, 5.41) is 44.7. The molecular weight excluding hydrogens is 229 g/mol. The van der Waals surface area contributed by atoms with Crippen LogP contribution in [0, 0.1) is 0 Å². The number of rotatable bonds is 8. The molecule has 5 N–H and O–H groups in total. The number of aliphatic hydroxyl groups is 5. The Balaban J connectivity index is 0. The third kappa shape index (κ3) is 5.51. The van der Waals surface area contributed by atoms with Crippen LogP contribution in [0.4, 0.5) is 0 Å². The van der Waals surface area contributed by atoms with E-state index in [4.69, 9.17) is 25.5 Å². The number of aliphatic hydroxyl groups excluding tert-OH is 5. The van der Waals surface area contributed by atoms with Gasteiger partial charge in [0.25, 0.3) is 0 Å². The molecule has 0 amide bonds. The normalized spacial score (nSPS) is 11.6. The zero-order valence-electron chi connectivity index (χ0n) is 8.13. The van der Waals surface area contributed by atoms with Crippen molar-refractivity contribution in [3.05, 3.63) is 0 Å². The van der Waals surface area contributed by atoms with Gasteiger partial charge in [-0.05, 0) is 0 Å². The summed E-state index contributed by atoms with van der Waals surface area (Å²) in [6.45, 7) is -1.26. The summed E-state index contributed by atoms with van der Waals surface area (Å²) in [5.74, 6) is 0. The number of β-amino-alcohol motifs (C(OH)–C–C–N with tert-alkyl or cyclic N) is 2. The SMILES string of the molecule is OCCN(CCO)C(CO)(CO)CO.[KH]. The molecule has 0 aromatic heterocycles. The Kier molecular flexibility index (Phi) is 13.2. The molecule has 0 radical (unpaired) electrons. The average molecular weight is 249 g/mol. The van der Waals surface area contributed by atoms with Crippen LogP contribution in [-0.2, 0) is 0 Å². The van der Waals surface area contributed by atoms with E-state index in [9.17, 15) is 0 Å². The first-order chi connectivity index (χ1) is 6.70. The van der Waals surface area contributed by atoms with E-state index < -0.39 is 25.4 Å². The molecule has 0 aliphatic rings. The fourth-order valence-corrected chi connectivity index (χ4v) is 1.28. The summed E-state index contributed by atoms with van der Waals surface area (Å²) in [6.07, 6.45) is 0. The van der Waals surface area contributed by atoms with Crippen LogP contribution in [0.3, 0.4) is 0 Å². The Morgan fingerprint density at radius 1 is 0.733 bits per heavy atom. The predicted octanol–water partition coefficient (Wildman–Crippen LogP) is -3.66. The molecule has 0 aromatic carbocycles. The van der Waals surface area contributed by atoms with Gasteiger partial charge in [0.15, 0.2) is 0 Å². The molecule has 0 aliphatic heterocycles. The summed E-state index contributed by atoms with van der Waals surface area (Å²) < 4.78 is 0. The van der Waals surface area contributed by atoms with Crippen LogP contribution in [0.5, 0.6) is 0 Å². The first-order valence-electron chi connectivity index (χ1n) is 4.50. The van der Waals surface area contributed by atoms with E-state index in [0.29, 0.717) is 0 Å². The van der Waals surface area contributed by atoms with Crippen molar-refractivity contribution in [1.82, 2.24) is 4.90 Å². The van der Waals surface area contributed by atoms with Gasteiger partial charge in [0.1, 0.15) is 0 Å². The second-order valence-electron chi connectivity index (χ2n) is 3.13. The van der Waals surface area contributed by atoms with Crippen molar-refractivity contribution < 1.29 is 25.5 Å². The summed E-state index contributed by atoms with van der Waals surface area (Å²) >= 11 is 0. The number of hydrogen-bond donors (Lipinski definition) is 5. The van der Waals surface area contributed by atoms with Crippen molar-refractivity contribution in [3.63, 3.8) is 0 Å². The van der Waals surface area contributed by atoms with E-state index in [1.807, 2.05) is 0 Å². The number of hydrogen-bond acceptors (Lipinski definition) is 6. The van der Waals surface area contributed by atoms with Crippen LogP contribution < -0.4 is 0 Å². The third-order valence-electron chi connectivity index (χ3n) is 2.29. The Bertz CT molecular complexity index is 131. The summed E-state index contributed by atoms with van der Waals surface area (Å²) in [6, 6.07) is 0. The van der Waals surface area contributed by atoms with Crippen LogP contribution in [-0.4, -0.2) is 133 Å².